The summed E-state index contributed by atoms with van der Waals surface area (Å²) in [5.41, 5.74) is 0. The fourth-order valence-electron chi connectivity index (χ4n) is 2.56. The second-order valence-electron chi connectivity index (χ2n) is 4.91. The first-order chi connectivity index (χ1) is 8.22. The average Bonchev–Trinajstić information content (AvgIpc) is 2.39. The van der Waals surface area contributed by atoms with Crippen molar-refractivity contribution >= 4 is 18.3 Å². The van der Waals surface area contributed by atoms with Gasteiger partial charge in [0.2, 0.25) is 5.91 Å². The molecule has 0 radical (unpaired) electrons. The summed E-state index contributed by atoms with van der Waals surface area (Å²) >= 11 is 0. The zero-order valence-electron chi connectivity index (χ0n) is 10.9. The van der Waals surface area contributed by atoms with Crippen LogP contribution in [0.25, 0.3) is 0 Å². The maximum atomic E-state index is 12.3. The Bertz CT molecular complexity index is 291. The molecular weight excluding hydrogens is 252 g/mol. The van der Waals surface area contributed by atoms with Crippen LogP contribution in [0, 0.1) is 5.92 Å². The lowest BCUT2D eigenvalue weighted by atomic mass is 9.96. The highest BCUT2D eigenvalue weighted by Gasteiger charge is 2.33. The molecule has 2 saturated heterocycles. The Morgan fingerprint density at radius 2 is 2.11 bits per heavy atom. The van der Waals surface area contributed by atoms with Gasteiger partial charge in [0.1, 0.15) is 6.04 Å². The highest BCUT2D eigenvalue weighted by atomic mass is 35.5. The SMILES string of the molecule is C=CC1CCN(C(=O)[C@H]2NCCO[C@@H]2C)CC1.Cl. The third-order valence-electron chi connectivity index (χ3n) is 3.77. The molecule has 4 nitrogen and oxygen atoms in total. The number of likely N-dealkylation sites (tertiary alicyclic amines) is 1. The molecular formula is C13H23ClN2O2. The zero-order chi connectivity index (χ0) is 12.3. The van der Waals surface area contributed by atoms with Crippen LogP contribution in [-0.2, 0) is 9.53 Å². The molecule has 0 spiro atoms. The first kappa shape index (κ1) is 15.5. The molecule has 0 unspecified atom stereocenters. The van der Waals surface area contributed by atoms with E-state index in [0.29, 0.717) is 12.5 Å². The van der Waals surface area contributed by atoms with Crippen LogP contribution < -0.4 is 5.32 Å². The van der Waals surface area contributed by atoms with E-state index in [1.165, 1.54) is 0 Å². The molecule has 2 aliphatic heterocycles. The Labute approximate surface area is 115 Å². The summed E-state index contributed by atoms with van der Waals surface area (Å²) in [5.74, 6) is 0.770. The maximum absolute atomic E-state index is 12.3. The van der Waals surface area contributed by atoms with E-state index < -0.39 is 0 Å². The second kappa shape index (κ2) is 7.12. The molecule has 5 heteroatoms. The standard InChI is InChI=1S/C13H22N2O2.ClH/c1-3-11-4-7-15(8-5-11)13(16)12-10(2)17-9-6-14-12;/h3,10-12,14H,1,4-9H2,2H3;1H/t10-,12+;/m1./s1. The number of ether oxygens (including phenoxy) is 1. The Kier molecular flexibility index (Phi) is 6.12. The molecule has 0 aromatic carbocycles. The van der Waals surface area contributed by atoms with E-state index in [1.807, 2.05) is 17.9 Å². The first-order valence-electron chi connectivity index (χ1n) is 6.48. The summed E-state index contributed by atoms with van der Waals surface area (Å²) in [7, 11) is 0. The minimum absolute atomic E-state index is 0. The number of allylic oxidation sites excluding steroid dienone is 1. The van der Waals surface area contributed by atoms with Crippen molar-refractivity contribution in [3.8, 4) is 0 Å². The predicted molar refractivity (Wildman–Crippen MR) is 74.0 cm³/mol. The molecule has 0 bridgehead atoms. The van der Waals surface area contributed by atoms with Gasteiger partial charge < -0.3 is 15.0 Å². The third kappa shape index (κ3) is 3.46. The molecule has 1 N–H and O–H groups in total. The molecule has 1 amide bonds. The number of rotatable bonds is 2. The Morgan fingerprint density at radius 1 is 1.44 bits per heavy atom. The topological polar surface area (TPSA) is 41.6 Å². The van der Waals surface area contributed by atoms with E-state index >= 15 is 0 Å². The smallest absolute Gasteiger partial charge is 0.242 e. The molecule has 0 aliphatic carbocycles. The minimum Gasteiger partial charge on any atom is -0.375 e. The molecule has 18 heavy (non-hydrogen) atoms. The summed E-state index contributed by atoms with van der Waals surface area (Å²) in [6.45, 7) is 8.94. The lowest BCUT2D eigenvalue weighted by Crippen LogP contribution is -2.57. The maximum Gasteiger partial charge on any atom is 0.242 e. The van der Waals surface area contributed by atoms with E-state index in [1.54, 1.807) is 0 Å². The first-order valence-corrected chi connectivity index (χ1v) is 6.48. The van der Waals surface area contributed by atoms with Crippen LogP contribution in [-0.4, -0.2) is 49.2 Å². The monoisotopic (exact) mass is 274 g/mol. The molecule has 0 aromatic rings. The third-order valence-corrected chi connectivity index (χ3v) is 3.77. The Hall–Kier alpha value is -0.580. The molecule has 0 saturated carbocycles. The summed E-state index contributed by atoms with van der Waals surface area (Å²) in [6, 6.07) is -0.163. The lowest BCUT2D eigenvalue weighted by Gasteiger charge is -2.37. The summed E-state index contributed by atoms with van der Waals surface area (Å²) in [5, 5.41) is 3.25. The molecule has 104 valence electrons. The van der Waals surface area contributed by atoms with Crippen molar-refractivity contribution in [1.29, 1.82) is 0 Å². The number of piperidine rings is 1. The highest BCUT2D eigenvalue weighted by molar-refractivity contribution is 5.85. The molecule has 2 heterocycles. The van der Waals surface area contributed by atoms with Gasteiger partial charge in [-0.2, -0.15) is 0 Å². The number of carbonyl (C=O) groups is 1. The van der Waals surface area contributed by atoms with Crippen molar-refractivity contribution in [2.24, 2.45) is 5.92 Å². The van der Waals surface area contributed by atoms with E-state index in [0.717, 1.165) is 32.5 Å². The number of amides is 1. The van der Waals surface area contributed by atoms with E-state index in [-0.39, 0.29) is 30.5 Å². The summed E-state index contributed by atoms with van der Waals surface area (Å²) in [4.78, 5) is 14.3. The normalized spacial score (nSPS) is 29.5. The van der Waals surface area contributed by atoms with Crippen molar-refractivity contribution < 1.29 is 9.53 Å². The van der Waals surface area contributed by atoms with Crippen LogP contribution in [0.1, 0.15) is 19.8 Å². The highest BCUT2D eigenvalue weighted by Crippen LogP contribution is 2.19. The zero-order valence-corrected chi connectivity index (χ0v) is 11.7. The van der Waals surface area contributed by atoms with Crippen LogP contribution in [0.2, 0.25) is 0 Å². The van der Waals surface area contributed by atoms with Gasteiger partial charge in [-0.1, -0.05) is 6.08 Å². The van der Waals surface area contributed by atoms with E-state index in [2.05, 4.69) is 11.9 Å². The fraction of sp³-hybridized carbons (Fsp3) is 0.769. The number of hydrogen-bond acceptors (Lipinski definition) is 3. The molecule has 2 aliphatic rings. The second-order valence-corrected chi connectivity index (χ2v) is 4.91. The van der Waals surface area contributed by atoms with Gasteiger partial charge in [0.15, 0.2) is 0 Å². The fourth-order valence-corrected chi connectivity index (χ4v) is 2.56. The van der Waals surface area contributed by atoms with E-state index in [4.69, 9.17) is 4.74 Å². The van der Waals surface area contributed by atoms with Gasteiger partial charge >= 0.3 is 0 Å². The number of halogens is 1. The van der Waals surface area contributed by atoms with E-state index in [9.17, 15) is 4.79 Å². The largest absolute Gasteiger partial charge is 0.375 e. The van der Waals surface area contributed by atoms with Gasteiger partial charge in [-0.15, -0.1) is 19.0 Å². The van der Waals surface area contributed by atoms with Crippen molar-refractivity contribution in [3.05, 3.63) is 12.7 Å². The van der Waals surface area contributed by atoms with Gasteiger partial charge in [-0.3, -0.25) is 4.79 Å². The number of carbonyl (C=O) groups excluding carboxylic acids is 1. The number of nitrogens with one attached hydrogen (secondary N) is 1. The summed E-state index contributed by atoms with van der Waals surface area (Å²) < 4.78 is 5.52. The number of nitrogens with zero attached hydrogens (tertiary/aromatic N) is 1. The van der Waals surface area contributed by atoms with Gasteiger partial charge in [0.25, 0.3) is 0 Å². The Balaban J connectivity index is 0.00000162. The quantitative estimate of drug-likeness (QED) is 0.770. The van der Waals surface area contributed by atoms with Gasteiger partial charge in [0.05, 0.1) is 12.7 Å². The molecule has 2 rings (SSSR count). The Morgan fingerprint density at radius 3 is 2.67 bits per heavy atom. The van der Waals surface area contributed by atoms with Crippen molar-refractivity contribution in [3.63, 3.8) is 0 Å². The van der Waals surface area contributed by atoms with Crippen LogP contribution in [0.15, 0.2) is 12.7 Å². The van der Waals surface area contributed by atoms with Gasteiger partial charge in [0, 0.05) is 19.6 Å². The van der Waals surface area contributed by atoms with Crippen LogP contribution in [0.4, 0.5) is 0 Å². The average molecular weight is 275 g/mol. The van der Waals surface area contributed by atoms with Crippen molar-refractivity contribution in [2.45, 2.75) is 31.9 Å². The van der Waals surface area contributed by atoms with Gasteiger partial charge in [-0.25, -0.2) is 0 Å². The molecule has 2 atom stereocenters. The minimum atomic E-state index is -0.163. The number of hydrogen-bond donors (Lipinski definition) is 1. The molecule has 0 aromatic heterocycles. The van der Waals surface area contributed by atoms with Crippen LogP contribution >= 0.6 is 12.4 Å². The lowest BCUT2D eigenvalue weighted by molar-refractivity contribution is -0.140. The van der Waals surface area contributed by atoms with Gasteiger partial charge in [-0.05, 0) is 25.7 Å². The van der Waals surface area contributed by atoms with Crippen molar-refractivity contribution in [1.82, 2.24) is 10.2 Å². The molecule has 2 fully saturated rings. The van der Waals surface area contributed by atoms with Crippen molar-refractivity contribution in [2.75, 3.05) is 26.2 Å². The van der Waals surface area contributed by atoms with Crippen LogP contribution in [0.5, 0.6) is 0 Å². The number of morpholine rings is 1. The summed E-state index contributed by atoms with van der Waals surface area (Å²) in [6.07, 6.45) is 4.06. The van der Waals surface area contributed by atoms with Crippen LogP contribution in [0.3, 0.4) is 0 Å². The predicted octanol–water partition coefficient (Wildman–Crippen LogP) is 1.21.